The number of allylic oxidation sites excluding steroid dienone is 2. The van der Waals surface area contributed by atoms with Crippen LogP contribution >= 0.6 is 0 Å². The predicted octanol–water partition coefficient (Wildman–Crippen LogP) is -0.156. The predicted molar refractivity (Wildman–Crippen MR) is 226 cm³/mol. The van der Waals surface area contributed by atoms with Gasteiger partial charge in [-0.1, -0.05) is 46.3 Å². The average molecular weight is 943 g/mol. The molecule has 19 nitrogen and oxygen atoms in total. The number of hydrogen-bond acceptors (Lipinski definition) is 18. The molecule has 3 aliphatic heterocycles. The van der Waals surface area contributed by atoms with Gasteiger partial charge in [0.15, 0.2) is 12.6 Å². The summed E-state index contributed by atoms with van der Waals surface area (Å²) in [5, 5.41) is 115. The quantitative estimate of drug-likeness (QED) is 0.0813. The van der Waals surface area contributed by atoms with Crippen molar-refractivity contribution in [3.05, 3.63) is 11.6 Å². The molecule has 0 amide bonds. The molecule has 0 aromatic carbocycles. The minimum Gasteiger partial charge on any atom is -0.481 e. The summed E-state index contributed by atoms with van der Waals surface area (Å²) in [6.45, 7) is 11.4. The van der Waals surface area contributed by atoms with Gasteiger partial charge in [-0.25, -0.2) is 0 Å². The van der Waals surface area contributed by atoms with E-state index in [2.05, 4.69) is 40.7 Å². The molecule has 66 heavy (non-hydrogen) atoms. The number of carboxylic acid groups (broad SMARTS) is 1. The first-order valence-electron chi connectivity index (χ1n) is 23.9. The molecule has 3 heterocycles. The van der Waals surface area contributed by atoms with E-state index >= 15 is 0 Å². The molecule has 3 saturated heterocycles. The van der Waals surface area contributed by atoms with Crippen LogP contribution in [0.25, 0.3) is 0 Å². The van der Waals surface area contributed by atoms with Crippen molar-refractivity contribution in [1.82, 2.24) is 0 Å². The van der Waals surface area contributed by atoms with Gasteiger partial charge in [0.05, 0.1) is 36.8 Å². The fourth-order valence-electron chi connectivity index (χ4n) is 14.8. The highest BCUT2D eigenvalue weighted by Crippen LogP contribution is 2.76. The standard InChI is InChI=1S/C47H74O19/c1-42(2)26-9-12-46(6)27(44(26,4)11-10-28(42)64-39-36(29(51)23(50)20-61-39)65-37-34(56)32(54)30(52)24(18-48)62-37)8-7-21-22-17-43(3,40(58)59)13-15-47(22,16-14-45(21,46)5)41(60)66-38-35(57)33(55)31(53)25(19-49)63-38/h7,22-39,48-57H,8-20H2,1-6H3,(H,58,59)/t22-,23+,24-,25-,26-,27+,28-,29-,30-,31-,32-,33+,34-,35-,36-,37-,38+,39-,43-,44-,45+,46+,47-/m0/s1. The minimum atomic E-state index is -1.78. The van der Waals surface area contributed by atoms with E-state index in [-0.39, 0.29) is 48.5 Å². The number of fused-ring (bicyclic) bond motifs is 7. The molecule has 0 radical (unpaired) electrons. The number of aliphatic hydroxyl groups is 10. The van der Waals surface area contributed by atoms with Crippen LogP contribution < -0.4 is 0 Å². The first kappa shape index (κ1) is 50.5. The molecular formula is C47H74O19. The average Bonchev–Trinajstić information content (AvgIpc) is 3.27. The van der Waals surface area contributed by atoms with Crippen LogP contribution in [0.3, 0.4) is 0 Å². The maximum absolute atomic E-state index is 14.7. The summed E-state index contributed by atoms with van der Waals surface area (Å²) >= 11 is 0. The smallest absolute Gasteiger partial charge is 0.315 e. The summed E-state index contributed by atoms with van der Waals surface area (Å²) in [5.41, 5.74) is -2.66. The van der Waals surface area contributed by atoms with E-state index in [1.807, 2.05) is 0 Å². The SMILES string of the molecule is CC1(C)[C@@H](O[C@@H]2OC[C@@H](O)[C@H](O)[C@@H]2O[C@@H]2O[C@@H](CO)[C@H](O)[C@H](O)[C@@H]2O)CC[C@]2(C)[C@H]3CC=C4[C@@H]5C[C@@](C)(C(=O)O)CC[C@]5(C(=O)O[C@H]5O[C@@H](CO)[C@H](O)[C@@H](O)[C@@H]5O)CC[C@@]4(C)[C@]3(C)CC[C@@H]12. The van der Waals surface area contributed by atoms with Crippen molar-refractivity contribution in [2.75, 3.05) is 19.8 Å². The summed E-state index contributed by atoms with van der Waals surface area (Å²) in [7, 11) is 0. The van der Waals surface area contributed by atoms with Crippen LogP contribution in [0, 0.1) is 50.2 Å². The number of ether oxygens (including phenoxy) is 6. The van der Waals surface area contributed by atoms with Gasteiger partial charge in [-0.3, -0.25) is 9.59 Å². The second-order valence-corrected chi connectivity index (χ2v) is 22.7. The van der Waals surface area contributed by atoms with Gasteiger partial charge < -0.3 is 84.6 Å². The van der Waals surface area contributed by atoms with Gasteiger partial charge in [0.1, 0.15) is 67.1 Å². The van der Waals surface area contributed by atoms with Gasteiger partial charge in [-0.15, -0.1) is 0 Å². The molecule has 23 atom stereocenters. The van der Waals surface area contributed by atoms with Crippen LogP contribution in [0.2, 0.25) is 0 Å². The topological polar surface area (TPSA) is 312 Å². The van der Waals surface area contributed by atoms with E-state index in [9.17, 15) is 65.8 Å². The number of aliphatic hydroxyl groups excluding tert-OH is 10. The normalized spacial score (nSPS) is 53.5. The molecule has 0 spiro atoms. The first-order valence-corrected chi connectivity index (χ1v) is 23.9. The maximum atomic E-state index is 14.7. The highest BCUT2D eigenvalue weighted by molar-refractivity contribution is 5.81. The lowest BCUT2D eigenvalue weighted by Crippen LogP contribution is -2.66. The Balaban J connectivity index is 1.05. The fourth-order valence-corrected chi connectivity index (χ4v) is 14.8. The Morgan fingerprint density at radius 2 is 1.29 bits per heavy atom. The minimum absolute atomic E-state index is 0.130. The van der Waals surface area contributed by atoms with E-state index < -0.39 is 145 Å². The Kier molecular flexibility index (Phi) is 13.6. The number of hydrogen-bond donors (Lipinski definition) is 11. The van der Waals surface area contributed by atoms with Crippen LogP contribution in [0.15, 0.2) is 11.6 Å². The van der Waals surface area contributed by atoms with Crippen molar-refractivity contribution in [3.8, 4) is 0 Å². The second-order valence-electron chi connectivity index (χ2n) is 22.7. The molecule has 5 aliphatic carbocycles. The van der Waals surface area contributed by atoms with Crippen molar-refractivity contribution in [2.24, 2.45) is 50.2 Å². The van der Waals surface area contributed by atoms with E-state index in [0.29, 0.717) is 25.7 Å². The van der Waals surface area contributed by atoms with E-state index in [1.165, 1.54) is 0 Å². The van der Waals surface area contributed by atoms with Crippen molar-refractivity contribution < 1.29 is 94.2 Å². The molecule has 0 bridgehead atoms. The molecular weight excluding hydrogens is 868 g/mol. The fraction of sp³-hybridized carbons (Fsp3) is 0.915. The third-order valence-electron chi connectivity index (χ3n) is 19.2. The zero-order chi connectivity index (χ0) is 48.3. The van der Waals surface area contributed by atoms with Gasteiger partial charge in [0, 0.05) is 0 Å². The highest BCUT2D eigenvalue weighted by Gasteiger charge is 2.70. The number of aliphatic carboxylic acids is 1. The first-order chi connectivity index (χ1) is 30.8. The van der Waals surface area contributed by atoms with Gasteiger partial charge in [0.25, 0.3) is 0 Å². The summed E-state index contributed by atoms with van der Waals surface area (Å²) < 4.78 is 35.8. The van der Waals surface area contributed by atoms with Gasteiger partial charge >= 0.3 is 11.9 Å². The van der Waals surface area contributed by atoms with E-state index in [4.69, 9.17) is 28.4 Å². The Hall–Kier alpha value is -1.92. The number of rotatable bonds is 9. The van der Waals surface area contributed by atoms with E-state index in [1.54, 1.807) is 6.92 Å². The second kappa shape index (κ2) is 17.7. The van der Waals surface area contributed by atoms with Crippen molar-refractivity contribution in [2.45, 2.75) is 198 Å². The summed E-state index contributed by atoms with van der Waals surface area (Å²) in [5.74, 6) is -1.83. The third-order valence-corrected chi connectivity index (χ3v) is 19.2. The lowest BCUT2D eigenvalue weighted by atomic mass is 9.33. The van der Waals surface area contributed by atoms with Crippen molar-refractivity contribution in [3.63, 3.8) is 0 Å². The number of esters is 1. The lowest BCUT2D eigenvalue weighted by molar-refractivity contribution is -0.367. The van der Waals surface area contributed by atoms with Crippen LogP contribution in [-0.2, 0) is 38.0 Å². The largest absolute Gasteiger partial charge is 0.481 e. The number of carbonyl (C=O) groups excluding carboxylic acids is 1. The third kappa shape index (κ3) is 7.64. The summed E-state index contributed by atoms with van der Waals surface area (Å²) in [6.07, 6.45) is -14.4. The molecule has 8 rings (SSSR count). The van der Waals surface area contributed by atoms with Crippen LogP contribution in [0.5, 0.6) is 0 Å². The molecule has 11 N–H and O–H groups in total. The van der Waals surface area contributed by atoms with Crippen molar-refractivity contribution >= 4 is 11.9 Å². The molecule has 376 valence electrons. The number of carbonyl (C=O) groups is 2. The molecule has 8 aliphatic rings. The van der Waals surface area contributed by atoms with Crippen LogP contribution in [0.1, 0.15) is 106 Å². The molecule has 7 fully saturated rings. The Morgan fingerprint density at radius 3 is 1.91 bits per heavy atom. The maximum Gasteiger partial charge on any atom is 0.315 e. The molecule has 0 unspecified atom stereocenters. The molecule has 19 heteroatoms. The zero-order valence-corrected chi connectivity index (χ0v) is 38.8. The van der Waals surface area contributed by atoms with Crippen molar-refractivity contribution in [1.29, 1.82) is 0 Å². The Labute approximate surface area is 385 Å². The zero-order valence-electron chi connectivity index (χ0n) is 38.8. The number of carboxylic acids is 1. The monoisotopic (exact) mass is 942 g/mol. The molecule has 4 saturated carbocycles. The van der Waals surface area contributed by atoms with Crippen LogP contribution in [0.4, 0.5) is 0 Å². The van der Waals surface area contributed by atoms with Gasteiger partial charge in [-0.05, 0) is 111 Å². The summed E-state index contributed by atoms with van der Waals surface area (Å²) in [6, 6.07) is 0. The lowest BCUT2D eigenvalue weighted by Gasteiger charge is -2.71. The summed E-state index contributed by atoms with van der Waals surface area (Å²) in [4.78, 5) is 27.6. The highest BCUT2D eigenvalue weighted by atomic mass is 16.8. The Bertz CT molecular complexity index is 1840. The van der Waals surface area contributed by atoms with Crippen LogP contribution in [-0.4, -0.2) is 180 Å². The van der Waals surface area contributed by atoms with Gasteiger partial charge in [-0.2, -0.15) is 0 Å². The van der Waals surface area contributed by atoms with E-state index in [0.717, 1.165) is 24.8 Å². The van der Waals surface area contributed by atoms with Gasteiger partial charge in [0.2, 0.25) is 6.29 Å². The Morgan fingerprint density at radius 1 is 0.682 bits per heavy atom. The molecule has 0 aromatic rings. The molecule has 0 aromatic heterocycles.